The number of sulfonamides is 1. The average Bonchev–Trinajstić information content (AvgIpc) is 2.83. The van der Waals surface area contributed by atoms with Crippen LogP contribution in [0.3, 0.4) is 0 Å². The Bertz CT molecular complexity index is 1150. The molecule has 3 rings (SSSR count). The molecule has 2 aromatic rings. The lowest BCUT2D eigenvalue weighted by molar-refractivity contribution is -0.385. The molecule has 0 unspecified atom stereocenters. The number of benzene rings is 2. The fraction of sp³-hybridized carbons (Fsp3) is 0.409. The third kappa shape index (κ3) is 5.62. The first-order chi connectivity index (χ1) is 16.2. The van der Waals surface area contributed by atoms with Gasteiger partial charge in [0.25, 0.3) is 5.69 Å². The van der Waals surface area contributed by atoms with Crippen LogP contribution in [0.25, 0.3) is 0 Å². The fourth-order valence-electron chi connectivity index (χ4n) is 3.86. The van der Waals surface area contributed by atoms with Crippen molar-refractivity contribution in [2.75, 3.05) is 33.9 Å². The molecule has 34 heavy (non-hydrogen) atoms. The molecule has 1 amide bonds. The standard InChI is InChI=1S/C22H26FN3O7S/c1-32-20-13-16(19(26(28)29)14-21(20)33-2)7-10-24-22(27)15-8-11-25(12-9-15)34(30,31)18-5-3-17(23)4-6-18/h3-6,13-15H,7-12H2,1-2H3,(H,24,27). The zero-order chi connectivity index (χ0) is 24.9. The van der Waals surface area contributed by atoms with Crippen molar-refractivity contribution in [3.05, 3.63) is 57.9 Å². The summed E-state index contributed by atoms with van der Waals surface area (Å²) >= 11 is 0. The van der Waals surface area contributed by atoms with E-state index in [1.165, 1.54) is 42.8 Å². The predicted octanol–water partition coefficient (Wildman–Crippen LogP) is 2.51. The number of nitro groups is 1. The number of piperidine rings is 1. The molecule has 0 bridgehead atoms. The van der Waals surface area contributed by atoms with E-state index in [9.17, 15) is 27.7 Å². The molecule has 0 radical (unpaired) electrons. The maximum absolute atomic E-state index is 13.1. The van der Waals surface area contributed by atoms with Crippen molar-refractivity contribution in [3.63, 3.8) is 0 Å². The van der Waals surface area contributed by atoms with Gasteiger partial charge in [-0.2, -0.15) is 4.31 Å². The first-order valence-electron chi connectivity index (χ1n) is 10.6. The topological polar surface area (TPSA) is 128 Å². The molecular weight excluding hydrogens is 469 g/mol. The van der Waals surface area contributed by atoms with Gasteiger partial charge in [-0.15, -0.1) is 0 Å². The van der Waals surface area contributed by atoms with Crippen molar-refractivity contribution in [3.8, 4) is 11.5 Å². The Hall–Kier alpha value is -3.25. The van der Waals surface area contributed by atoms with E-state index in [0.29, 0.717) is 24.2 Å². The Balaban J connectivity index is 1.56. The van der Waals surface area contributed by atoms with E-state index in [1.807, 2.05) is 0 Å². The molecule has 10 nitrogen and oxygen atoms in total. The van der Waals surface area contributed by atoms with Crippen LogP contribution in [-0.2, 0) is 21.2 Å². The SMILES string of the molecule is COc1cc(CCNC(=O)C2CCN(S(=O)(=O)c3ccc(F)cc3)CC2)c([N+](=O)[O-])cc1OC. The minimum Gasteiger partial charge on any atom is -0.493 e. The molecule has 0 aliphatic carbocycles. The Kier molecular flexibility index (Phi) is 8.05. The summed E-state index contributed by atoms with van der Waals surface area (Å²) in [6.45, 7) is 0.501. The Morgan fingerprint density at radius 2 is 1.74 bits per heavy atom. The molecule has 1 saturated heterocycles. The van der Waals surface area contributed by atoms with E-state index >= 15 is 0 Å². The van der Waals surface area contributed by atoms with Crippen molar-refractivity contribution >= 4 is 21.6 Å². The molecule has 0 aromatic heterocycles. The van der Waals surface area contributed by atoms with Gasteiger partial charge in [-0.3, -0.25) is 14.9 Å². The molecule has 1 N–H and O–H groups in total. The number of carbonyl (C=O) groups excluding carboxylic acids is 1. The van der Waals surface area contributed by atoms with Crippen molar-refractivity contribution in [2.45, 2.75) is 24.2 Å². The highest BCUT2D eigenvalue weighted by Crippen LogP contribution is 2.34. The van der Waals surface area contributed by atoms with E-state index in [-0.39, 0.29) is 54.2 Å². The van der Waals surface area contributed by atoms with Crippen LogP contribution in [0.4, 0.5) is 10.1 Å². The number of hydrogen-bond acceptors (Lipinski definition) is 7. The predicted molar refractivity (Wildman–Crippen MR) is 121 cm³/mol. The molecule has 0 saturated carbocycles. The van der Waals surface area contributed by atoms with Crippen molar-refractivity contribution in [2.24, 2.45) is 5.92 Å². The number of carbonyl (C=O) groups is 1. The monoisotopic (exact) mass is 495 g/mol. The summed E-state index contributed by atoms with van der Waals surface area (Å²) in [4.78, 5) is 23.5. The highest BCUT2D eigenvalue weighted by atomic mass is 32.2. The van der Waals surface area contributed by atoms with Gasteiger partial charge in [-0.25, -0.2) is 12.8 Å². The molecule has 184 valence electrons. The molecule has 1 aliphatic heterocycles. The van der Waals surface area contributed by atoms with Gasteiger partial charge < -0.3 is 14.8 Å². The summed E-state index contributed by atoms with van der Waals surface area (Å²) in [5.74, 6) is -0.539. The van der Waals surface area contributed by atoms with Gasteiger partial charge in [0.15, 0.2) is 11.5 Å². The van der Waals surface area contributed by atoms with Gasteiger partial charge in [0, 0.05) is 31.1 Å². The summed E-state index contributed by atoms with van der Waals surface area (Å²) < 4.78 is 50.1. The number of amides is 1. The maximum atomic E-state index is 13.1. The lowest BCUT2D eigenvalue weighted by Gasteiger charge is -2.30. The first kappa shape index (κ1) is 25.4. The van der Waals surface area contributed by atoms with Crippen LogP contribution in [-0.4, -0.2) is 57.4 Å². The number of nitrogens with one attached hydrogen (secondary N) is 1. The van der Waals surface area contributed by atoms with Gasteiger partial charge in [-0.05, 0) is 49.6 Å². The van der Waals surface area contributed by atoms with Crippen LogP contribution < -0.4 is 14.8 Å². The number of rotatable bonds is 9. The number of hydrogen-bond donors (Lipinski definition) is 1. The molecular formula is C22H26FN3O7S. The van der Waals surface area contributed by atoms with Crippen LogP contribution in [0, 0.1) is 21.8 Å². The van der Waals surface area contributed by atoms with Crippen LogP contribution in [0.15, 0.2) is 41.3 Å². The number of methoxy groups -OCH3 is 2. The molecule has 2 aromatic carbocycles. The largest absolute Gasteiger partial charge is 0.493 e. The lowest BCUT2D eigenvalue weighted by Crippen LogP contribution is -2.43. The third-order valence-corrected chi connectivity index (χ3v) is 7.66. The molecule has 1 fully saturated rings. The van der Waals surface area contributed by atoms with Crippen molar-refractivity contribution in [1.82, 2.24) is 9.62 Å². The summed E-state index contributed by atoms with van der Waals surface area (Å²) in [5, 5.41) is 14.2. The number of nitrogens with zero attached hydrogens (tertiary/aromatic N) is 2. The van der Waals surface area contributed by atoms with Gasteiger partial charge in [-0.1, -0.05) is 0 Å². The van der Waals surface area contributed by atoms with E-state index < -0.39 is 20.8 Å². The zero-order valence-corrected chi connectivity index (χ0v) is 19.6. The van der Waals surface area contributed by atoms with Crippen LogP contribution in [0.1, 0.15) is 18.4 Å². The first-order valence-corrected chi connectivity index (χ1v) is 12.0. The highest BCUT2D eigenvalue weighted by molar-refractivity contribution is 7.89. The fourth-order valence-corrected chi connectivity index (χ4v) is 5.33. The van der Waals surface area contributed by atoms with Crippen LogP contribution in [0.2, 0.25) is 0 Å². The average molecular weight is 496 g/mol. The summed E-state index contributed by atoms with van der Waals surface area (Å²) in [7, 11) is -0.942. The highest BCUT2D eigenvalue weighted by Gasteiger charge is 2.32. The summed E-state index contributed by atoms with van der Waals surface area (Å²) in [5.41, 5.74) is 0.259. The van der Waals surface area contributed by atoms with Gasteiger partial charge in [0.2, 0.25) is 15.9 Å². The number of halogens is 1. The quantitative estimate of drug-likeness (QED) is 0.418. The lowest BCUT2D eigenvalue weighted by atomic mass is 9.97. The molecule has 12 heteroatoms. The Morgan fingerprint density at radius 1 is 1.15 bits per heavy atom. The maximum Gasteiger partial charge on any atom is 0.276 e. The third-order valence-electron chi connectivity index (χ3n) is 5.75. The summed E-state index contributed by atoms with van der Waals surface area (Å²) in [6, 6.07) is 7.43. The van der Waals surface area contributed by atoms with E-state index in [2.05, 4.69) is 5.32 Å². The minimum absolute atomic E-state index is 0.00770. The molecule has 0 spiro atoms. The van der Waals surface area contributed by atoms with E-state index in [1.54, 1.807) is 0 Å². The number of nitro benzene ring substituents is 1. The van der Waals surface area contributed by atoms with Gasteiger partial charge in [0.1, 0.15) is 5.82 Å². The molecule has 0 atom stereocenters. The van der Waals surface area contributed by atoms with E-state index in [0.717, 1.165) is 12.1 Å². The minimum atomic E-state index is -3.76. The normalized spacial score (nSPS) is 15.0. The second-order valence-corrected chi connectivity index (χ2v) is 9.70. The van der Waals surface area contributed by atoms with Crippen LogP contribution in [0.5, 0.6) is 11.5 Å². The second kappa shape index (κ2) is 10.8. The Morgan fingerprint density at radius 3 is 2.29 bits per heavy atom. The van der Waals surface area contributed by atoms with Crippen LogP contribution >= 0.6 is 0 Å². The summed E-state index contributed by atoms with van der Waals surface area (Å²) in [6.07, 6.45) is 0.881. The van der Waals surface area contributed by atoms with Crippen molar-refractivity contribution < 1.29 is 32.0 Å². The molecule has 1 heterocycles. The van der Waals surface area contributed by atoms with Gasteiger partial charge >= 0.3 is 0 Å². The second-order valence-electron chi connectivity index (χ2n) is 7.77. The zero-order valence-electron chi connectivity index (χ0n) is 18.8. The number of ether oxygens (including phenoxy) is 2. The van der Waals surface area contributed by atoms with Crippen molar-refractivity contribution in [1.29, 1.82) is 0 Å². The Labute approximate surface area is 196 Å². The van der Waals surface area contributed by atoms with E-state index in [4.69, 9.17) is 9.47 Å². The molecule has 1 aliphatic rings. The smallest absolute Gasteiger partial charge is 0.276 e. The van der Waals surface area contributed by atoms with Gasteiger partial charge in [0.05, 0.1) is 30.1 Å².